The third-order valence-corrected chi connectivity index (χ3v) is 6.75. The third kappa shape index (κ3) is 3.35. The first-order valence-electron chi connectivity index (χ1n) is 7.78. The molecule has 0 aliphatic carbocycles. The molecule has 1 aromatic carbocycles. The molecule has 0 N–H and O–H groups in total. The summed E-state index contributed by atoms with van der Waals surface area (Å²) >= 11 is 6.05. The lowest BCUT2D eigenvalue weighted by Crippen LogP contribution is -2.48. The molecule has 1 aliphatic rings. The maximum absolute atomic E-state index is 12.7. The Hall–Kier alpha value is -1.41. The molecule has 0 amide bonds. The van der Waals surface area contributed by atoms with E-state index in [2.05, 4.69) is 10.1 Å². The second-order valence-corrected chi connectivity index (χ2v) is 8.23. The van der Waals surface area contributed by atoms with Gasteiger partial charge in [-0.15, -0.1) is 0 Å². The van der Waals surface area contributed by atoms with E-state index in [9.17, 15) is 8.42 Å². The molecule has 8 heteroatoms. The van der Waals surface area contributed by atoms with Gasteiger partial charge >= 0.3 is 0 Å². The number of sulfonamides is 1. The van der Waals surface area contributed by atoms with Crippen molar-refractivity contribution in [3.8, 4) is 0 Å². The summed E-state index contributed by atoms with van der Waals surface area (Å²) in [4.78, 5) is 2.39. The number of nitrogens with zero attached hydrogens (tertiary/aromatic N) is 3. The lowest BCUT2D eigenvalue weighted by atomic mass is 10.2. The Bertz CT molecular complexity index is 807. The van der Waals surface area contributed by atoms with Gasteiger partial charge in [0.1, 0.15) is 10.7 Å². The van der Waals surface area contributed by atoms with Gasteiger partial charge in [0.15, 0.2) is 0 Å². The van der Waals surface area contributed by atoms with Crippen LogP contribution in [0.25, 0.3) is 0 Å². The van der Waals surface area contributed by atoms with E-state index >= 15 is 0 Å². The van der Waals surface area contributed by atoms with Crippen LogP contribution in [0.5, 0.6) is 0 Å². The molecule has 0 radical (unpaired) electrons. The van der Waals surface area contributed by atoms with Crippen molar-refractivity contribution in [2.24, 2.45) is 0 Å². The molecule has 0 unspecified atom stereocenters. The van der Waals surface area contributed by atoms with Crippen molar-refractivity contribution in [1.82, 2.24) is 14.4 Å². The minimum Gasteiger partial charge on any atom is -0.361 e. The highest BCUT2D eigenvalue weighted by Gasteiger charge is 2.30. The van der Waals surface area contributed by atoms with Crippen molar-refractivity contribution in [1.29, 1.82) is 0 Å². The fourth-order valence-electron chi connectivity index (χ4n) is 2.87. The molecular formula is C16H20ClN3O3S. The Balaban J connectivity index is 1.68. The summed E-state index contributed by atoms with van der Waals surface area (Å²) < 4.78 is 32.2. The van der Waals surface area contributed by atoms with Gasteiger partial charge in [-0.3, -0.25) is 4.90 Å². The third-order valence-electron chi connectivity index (χ3n) is 4.35. The Morgan fingerprint density at radius 2 is 1.83 bits per heavy atom. The summed E-state index contributed by atoms with van der Waals surface area (Å²) in [5.41, 5.74) is 1.97. The molecule has 2 heterocycles. The van der Waals surface area contributed by atoms with Crippen molar-refractivity contribution >= 4 is 21.6 Å². The normalized spacial score (nSPS) is 17.3. The molecule has 0 spiro atoms. The predicted octanol–water partition coefficient (Wildman–Crippen LogP) is 2.45. The second kappa shape index (κ2) is 6.84. The van der Waals surface area contributed by atoms with Crippen LogP contribution in [-0.2, 0) is 16.6 Å². The van der Waals surface area contributed by atoms with Crippen molar-refractivity contribution < 1.29 is 12.9 Å². The summed E-state index contributed by atoms with van der Waals surface area (Å²) in [6.07, 6.45) is 0. The number of benzene rings is 1. The number of rotatable bonds is 4. The minimum atomic E-state index is -3.55. The summed E-state index contributed by atoms with van der Waals surface area (Å²) in [6, 6.07) is 6.56. The average Bonchev–Trinajstić information content (AvgIpc) is 2.87. The van der Waals surface area contributed by atoms with E-state index in [4.69, 9.17) is 16.1 Å². The largest absolute Gasteiger partial charge is 0.361 e. The molecule has 1 saturated heterocycles. The smallest absolute Gasteiger partial charge is 0.244 e. The topological polar surface area (TPSA) is 66.7 Å². The fraction of sp³-hybridized carbons (Fsp3) is 0.438. The zero-order valence-corrected chi connectivity index (χ0v) is 15.3. The van der Waals surface area contributed by atoms with Crippen LogP contribution in [0.1, 0.15) is 17.0 Å². The Morgan fingerprint density at radius 1 is 1.17 bits per heavy atom. The highest BCUT2D eigenvalue weighted by Crippen LogP contribution is 2.25. The second-order valence-electron chi connectivity index (χ2n) is 5.91. The zero-order valence-electron chi connectivity index (χ0n) is 13.7. The average molecular weight is 370 g/mol. The van der Waals surface area contributed by atoms with Crippen LogP contribution in [0, 0.1) is 13.8 Å². The number of piperazine rings is 1. The molecule has 1 aromatic heterocycles. The van der Waals surface area contributed by atoms with Gasteiger partial charge in [0, 0.05) is 38.3 Å². The fourth-order valence-corrected chi connectivity index (χ4v) is 4.79. The molecule has 1 aliphatic heterocycles. The van der Waals surface area contributed by atoms with Crippen molar-refractivity contribution in [2.75, 3.05) is 26.2 Å². The van der Waals surface area contributed by atoms with E-state index in [1.165, 1.54) is 4.31 Å². The van der Waals surface area contributed by atoms with Gasteiger partial charge < -0.3 is 4.52 Å². The molecule has 0 saturated carbocycles. The minimum absolute atomic E-state index is 0.172. The van der Waals surface area contributed by atoms with Crippen molar-refractivity contribution in [2.45, 2.75) is 25.3 Å². The highest BCUT2D eigenvalue weighted by molar-refractivity contribution is 7.89. The monoisotopic (exact) mass is 369 g/mol. The van der Waals surface area contributed by atoms with Crippen LogP contribution in [0.15, 0.2) is 33.7 Å². The van der Waals surface area contributed by atoms with E-state index in [1.54, 1.807) is 24.3 Å². The quantitative estimate of drug-likeness (QED) is 0.828. The van der Waals surface area contributed by atoms with E-state index in [-0.39, 0.29) is 9.92 Å². The van der Waals surface area contributed by atoms with Crippen molar-refractivity contribution in [3.05, 3.63) is 46.3 Å². The maximum atomic E-state index is 12.7. The number of aryl methyl sites for hydroxylation is 2. The summed E-state index contributed by atoms with van der Waals surface area (Å²) in [7, 11) is -3.55. The first-order chi connectivity index (χ1) is 11.4. The van der Waals surface area contributed by atoms with Crippen LogP contribution < -0.4 is 0 Å². The summed E-state index contributed by atoms with van der Waals surface area (Å²) in [6.45, 7) is 6.74. The van der Waals surface area contributed by atoms with Crippen LogP contribution >= 0.6 is 11.6 Å². The molecular weight excluding hydrogens is 350 g/mol. The van der Waals surface area contributed by atoms with Gasteiger partial charge in [0.05, 0.1) is 10.7 Å². The first-order valence-corrected chi connectivity index (χ1v) is 9.60. The summed E-state index contributed by atoms with van der Waals surface area (Å²) in [5, 5.41) is 4.22. The van der Waals surface area contributed by atoms with Gasteiger partial charge in [-0.1, -0.05) is 28.9 Å². The Labute approximate surface area is 147 Å². The number of aromatic nitrogens is 1. The molecule has 3 rings (SSSR count). The predicted molar refractivity (Wildman–Crippen MR) is 91.5 cm³/mol. The van der Waals surface area contributed by atoms with Gasteiger partial charge in [0.2, 0.25) is 10.0 Å². The zero-order chi connectivity index (χ0) is 17.3. The Morgan fingerprint density at radius 3 is 2.42 bits per heavy atom. The molecule has 2 aromatic rings. The number of hydrogen-bond donors (Lipinski definition) is 0. The van der Waals surface area contributed by atoms with Gasteiger partial charge in [-0.05, 0) is 26.0 Å². The van der Waals surface area contributed by atoms with Crippen LogP contribution in [-0.4, -0.2) is 49.0 Å². The van der Waals surface area contributed by atoms with E-state index < -0.39 is 10.0 Å². The molecule has 24 heavy (non-hydrogen) atoms. The highest BCUT2D eigenvalue weighted by atomic mass is 35.5. The lowest BCUT2D eigenvalue weighted by Gasteiger charge is -2.34. The molecule has 130 valence electrons. The summed E-state index contributed by atoms with van der Waals surface area (Å²) in [5.74, 6) is 0.818. The van der Waals surface area contributed by atoms with E-state index in [0.29, 0.717) is 26.2 Å². The van der Waals surface area contributed by atoms with Gasteiger partial charge in [-0.25, -0.2) is 8.42 Å². The van der Waals surface area contributed by atoms with Crippen molar-refractivity contribution in [3.63, 3.8) is 0 Å². The molecule has 0 atom stereocenters. The standard InChI is InChI=1S/C16H20ClN3O3S/c1-12-14(13(2)23-18-12)11-19-7-9-20(10-8-19)24(21,22)16-6-4-3-5-15(16)17/h3-6H,7-11H2,1-2H3. The Kier molecular flexibility index (Phi) is 4.96. The maximum Gasteiger partial charge on any atom is 0.244 e. The molecule has 1 fully saturated rings. The van der Waals surface area contributed by atoms with E-state index in [0.717, 1.165) is 23.6 Å². The molecule has 0 bridgehead atoms. The van der Waals surface area contributed by atoms with Gasteiger partial charge in [-0.2, -0.15) is 4.31 Å². The van der Waals surface area contributed by atoms with Crippen LogP contribution in [0.4, 0.5) is 0 Å². The van der Waals surface area contributed by atoms with Crippen LogP contribution in [0.3, 0.4) is 0 Å². The van der Waals surface area contributed by atoms with Gasteiger partial charge in [0.25, 0.3) is 0 Å². The number of hydrogen-bond acceptors (Lipinski definition) is 5. The SMILES string of the molecule is Cc1noc(C)c1CN1CCN(S(=O)(=O)c2ccccc2Cl)CC1. The molecule has 6 nitrogen and oxygen atoms in total. The lowest BCUT2D eigenvalue weighted by molar-refractivity contribution is 0.180. The number of halogens is 1. The first kappa shape index (κ1) is 17.4. The van der Waals surface area contributed by atoms with Crippen LogP contribution in [0.2, 0.25) is 5.02 Å². The van der Waals surface area contributed by atoms with E-state index in [1.807, 2.05) is 13.8 Å².